The number of aryl methyl sites for hydroxylation is 2. The quantitative estimate of drug-likeness (QED) is 0.682. The Morgan fingerprint density at radius 2 is 1.87 bits per heavy atom. The van der Waals surface area contributed by atoms with E-state index in [9.17, 15) is 9.59 Å². The number of rotatable bonds is 7. The van der Waals surface area contributed by atoms with E-state index >= 15 is 0 Å². The van der Waals surface area contributed by atoms with E-state index in [4.69, 9.17) is 14.2 Å². The minimum atomic E-state index is -0.725. The monoisotopic (exact) mass is 424 g/mol. The van der Waals surface area contributed by atoms with E-state index in [1.807, 2.05) is 50.2 Å². The van der Waals surface area contributed by atoms with E-state index in [1.54, 1.807) is 27.1 Å². The number of likely N-dealkylation sites (N-methyl/N-ethyl adjacent to an activating group) is 1. The van der Waals surface area contributed by atoms with Crippen LogP contribution in [0.2, 0.25) is 0 Å². The van der Waals surface area contributed by atoms with Gasteiger partial charge in [-0.05, 0) is 50.1 Å². The SMILES string of the molecule is CCOC(=O)C1=C(COc2ccc(C)c(C)c2)N(C)C(=O)N[C@H]1c1ccccc1OC. The first-order valence-electron chi connectivity index (χ1n) is 10.1. The molecule has 1 atom stereocenters. The van der Waals surface area contributed by atoms with Crippen molar-refractivity contribution >= 4 is 12.0 Å². The van der Waals surface area contributed by atoms with Gasteiger partial charge >= 0.3 is 12.0 Å². The fourth-order valence-electron chi connectivity index (χ4n) is 3.47. The van der Waals surface area contributed by atoms with Gasteiger partial charge in [-0.15, -0.1) is 0 Å². The number of nitrogens with one attached hydrogen (secondary N) is 1. The molecule has 0 aliphatic carbocycles. The molecule has 0 aromatic heterocycles. The Labute approximate surface area is 182 Å². The highest BCUT2D eigenvalue weighted by atomic mass is 16.5. The number of para-hydroxylation sites is 1. The fourth-order valence-corrected chi connectivity index (χ4v) is 3.47. The summed E-state index contributed by atoms with van der Waals surface area (Å²) >= 11 is 0. The van der Waals surface area contributed by atoms with Crippen molar-refractivity contribution in [2.45, 2.75) is 26.8 Å². The number of hydrogen-bond donors (Lipinski definition) is 1. The molecule has 0 radical (unpaired) electrons. The van der Waals surface area contributed by atoms with Gasteiger partial charge in [0.1, 0.15) is 18.1 Å². The molecule has 1 aliphatic rings. The fraction of sp³-hybridized carbons (Fsp3) is 0.333. The number of urea groups is 1. The van der Waals surface area contributed by atoms with Crippen molar-refractivity contribution in [3.8, 4) is 11.5 Å². The Morgan fingerprint density at radius 1 is 1.13 bits per heavy atom. The van der Waals surface area contributed by atoms with Gasteiger partial charge in [-0.1, -0.05) is 24.3 Å². The van der Waals surface area contributed by atoms with Gasteiger partial charge in [-0.25, -0.2) is 9.59 Å². The van der Waals surface area contributed by atoms with Crippen molar-refractivity contribution < 1.29 is 23.8 Å². The van der Waals surface area contributed by atoms with E-state index in [1.165, 1.54) is 4.90 Å². The lowest BCUT2D eigenvalue weighted by atomic mass is 9.94. The molecule has 1 heterocycles. The molecule has 3 rings (SSSR count). The number of benzene rings is 2. The minimum Gasteiger partial charge on any atom is -0.496 e. The molecule has 0 fully saturated rings. The molecule has 0 bridgehead atoms. The van der Waals surface area contributed by atoms with E-state index in [0.29, 0.717) is 28.3 Å². The molecule has 2 aromatic rings. The maximum Gasteiger partial charge on any atom is 0.338 e. The lowest BCUT2D eigenvalue weighted by Gasteiger charge is -2.34. The number of esters is 1. The summed E-state index contributed by atoms with van der Waals surface area (Å²) in [6, 6.07) is 12.0. The largest absolute Gasteiger partial charge is 0.496 e. The zero-order valence-corrected chi connectivity index (χ0v) is 18.5. The van der Waals surface area contributed by atoms with Crippen LogP contribution in [-0.2, 0) is 9.53 Å². The van der Waals surface area contributed by atoms with Gasteiger partial charge in [0.05, 0.1) is 31.0 Å². The number of methoxy groups -OCH3 is 1. The average molecular weight is 424 g/mol. The number of carbonyl (C=O) groups is 2. The maximum absolute atomic E-state index is 13.0. The number of carbonyl (C=O) groups excluding carboxylic acids is 2. The van der Waals surface area contributed by atoms with Crippen LogP contribution in [0.5, 0.6) is 11.5 Å². The third kappa shape index (κ3) is 4.66. The minimum absolute atomic E-state index is 0.0339. The molecule has 2 amide bonds. The highest BCUT2D eigenvalue weighted by Crippen LogP contribution is 2.35. The lowest BCUT2D eigenvalue weighted by molar-refractivity contribution is -0.139. The smallest absolute Gasteiger partial charge is 0.338 e. The van der Waals surface area contributed by atoms with Gasteiger partial charge in [-0.3, -0.25) is 4.90 Å². The van der Waals surface area contributed by atoms with Crippen molar-refractivity contribution in [1.82, 2.24) is 10.2 Å². The second-order valence-corrected chi connectivity index (χ2v) is 7.30. The van der Waals surface area contributed by atoms with Crippen LogP contribution in [-0.4, -0.2) is 44.3 Å². The summed E-state index contributed by atoms with van der Waals surface area (Å²) in [7, 11) is 3.15. The molecular weight excluding hydrogens is 396 g/mol. The summed E-state index contributed by atoms with van der Waals surface area (Å²) in [6.07, 6.45) is 0. The van der Waals surface area contributed by atoms with Crippen LogP contribution >= 0.6 is 0 Å². The molecule has 1 aliphatic heterocycles. The second-order valence-electron chi connectivity index (χ2n) is 7.30. The number of amides is 2. The van der Waals surface area contributed by atoms with Crippen molar-refractivity contribution in [1.29, 1.82) is 0 Å². The Morgan fingerprint density at radius 3 is 2.55 bits per heavy atom. The molecule has 1 N–H and O–H groups in total. The summed E-state index contributed by atoms with van der Waals surface area (Å²) in [5.74, 6) is 0.713. The molecule has 7 nitrogen and oxygen atoms in total. The number of nitrogens with zero attached hydrogens (tertiary/aromatic N) is 1. The van der Waals surface area contributed by atoms with Crippen molar-refractivity contribution in [2.75, 3.05) is 27.4 Å². The number of hydrogen-bond acceptors (Lipinski definition) is 5. The van der Waals surface area contributed by atoms with Gasteiger partial charge < -0.3 is 19.5 Å². The van der Waals surface area contributed by atoms with Gasteiger partial charge in [0.25, 0.3) is 0 Å². The Bertz CT molecular complexity index is 1010. The van der Waals surface area contributed by atoms with Crippen LogP contribution in [0, 0.1) is 13.8 Å². The predicted octanol–water partition coefficient (Wildman–Crippen LogP) is 3.90. The topological polar surface area (TPSA) is 77.1 Å². The third-order valence-corrected chi connectivity index (χ3v) is 5.38. The molecule has 2 aromatic carbocycles. The first-order chi connectivity index (χ1) is 14.9. The summed E-state index contributed by atoms with van der Waals surface area (Å²) in [5, 5.41) is 2.88. The Hall–Kier alpha value is -3.48. The highest BCUT2D eigenvalue weighted by Gasteiger charge is 2.38. The summed E-state index contributed by atoms with van der Waals surface area (Å²) in [6.45, 7) is 6.02. The zero-order chi connectivity index (χ0) is 22.5. The Kier molecular flexibility index (Phi) is 6.84. The summed E-state index contributed by atoms with van der Waals surface area (Å²) < 4.78 is 16.8. The molecule has 0 unspecified atom stereocenters. The molecule has 7 heteroatoms. The molecule has 31 heavy (non-hydrogen) atoms. The van der Waals surface area contributed by atoms with Crippen LogP contribution in [0.4, 0.5) is 4.79 Å². The third-order valence-electron chi connectivity index (χ3n) is 5.38. The van der Waals surface area contributed by atoms with Crippen LogP contribution in [0.15, 0.2) is 53.7 Å². The molecule has 0 spiro atoms. The second kappa shape index (κ2) is 9.55. The molecule has 164 valence electrons. The molecule has 0 saturated heterocycles. The summed E-state index contributed by atoms with van der Waals surface area (Å²) in [4.78, 5) is 27.1. The standard InChI is InChI=1S/C24H28N2O5/c1-6-30-23(27)21-19(14-31-17-12-11-15(2)16(3)13-17)26(4)24(28)25-22(21)18-9-7-8-10-20(18)29-5/h7-13,22H,6,14H2,1-5H3,(H,25,28)/t22-/m0/s1. The first-order valence-corrected chi connectivity index (χ1v) is 10.1. The van der Waals surface area contributed by atoms with Gasteiger partial charge in [0, 0.05) is 12.6 Å². The zero-order valence-electron chi connectivity index (χ0n) is 18.5. The van der Waals surface area contributed by atoms with Crippen LogP contribution in [0.25, 0.3) is 0 Å². The van der Waals surface area contributed by atoms with Gasteiger partial charge in [0.15, 0.2) is 0 Å². The van der Waals surface area contributed by atoms with E-state index in [0.717, 1.165) is 11.1 Å². The number of ether oxygens (including phenoxy) is 3. The van der Waals surface area contributed by atoms with Crippen LogP contribution in [0.1, 0.15) is 29.7 Å². The van der Waals surface area contributed by atoms with E-state index < -0.39 is 12.0 Å². The lowest BCUT2D eigenvalue weighted by Crippen LogP contribution is -2.48. The first kappa shape index (κ1) is 22.2. The van der Waals surface area contributed by atoms with Crippen molar-refractivity contribution in [3.63, 3.8) is 0 Å². The van der Waals surface area contributed by atoms with E-state index in [-0.39, 0.29) is 19.2 Å². The van der Waals surface area contributed by atoms with Crippen molar-refractivity contribution in [3.05, 3.63) is 70.4 Å². The van der Waals surface area contributed by atoms with Crippen LogP contribution < -0.4 is 14.8 Å². The van der Waals surface area contributed by atoms with Crippen LogP contribution in [0.3, 0.4) is 0 Å². The van der Waals surface area contributed by atoms with Gasteiger partial charge in [0.2, 0.25) is 0 Å². The summed E-state index contributed by atoms with van der Waals surface area (Å²) in [5.41, 5.74) is 3.68. The molecule has 0 saturated carbocycles. The van der Waals surface area contributed by atoms with Gasteiger partial charge in [-0.2, -0.15) is 0 Å². The Balaban J connectivity index is 2.06. The normalized spacial score (nSPS) is 16.1. The molecular formula is C24H28N2O5. The van der Waals surface area contributed by atoms with E-state index in [2.05, 4.69) is 5.32 Å². The maximum atomic E-state index is 13.0. The highest BCUT2D eigenvalue weighted by molar-refractivity contribution is 5.95. The average Bonchev–Trinajstić information content (AvgIpc) is 2.76. The predicted molar refractivity (Wildman–Crippen MR) is 117 cm³/mol. The van der Waals surface area contributed by atoms with Crippen molar-refractivity contribution in [2.24, 2.45) is 0 Å².